The van der Waals surface area contributed by atoms with E-state index < -0.39 is 0 Å². The fourth-order valence-electron chi connectivity index (χ4n) is 2.63. The monoisotopic (exact) mass is 366 g/mol. The Kier molecular flexibility index (Phi) is 5.73. The molecule has 5 nitrogen and oxygen atoms in total. The Balaban J connectivity index is 1.61. The third kappa shape index (κ3) is 4.52. The van der Waals surface area contributed by atoms with E-state index in [1.54, 1.807) is 6.21 Å². The van der Waals surface area contributed by atoms with Gasteiger partial charge in [-0.1, -0.05) is 48.2 Å². The van der Waals surface area contributed by atoms with Crippen LogP contribution in [0.3, 0.4) is 0 Å². The number of hydrogen-bond donors (Lipinski definition) is 1. The van der Waals surface area contributed by atoms with Crippen LogP contribution in [0.15, 0.2) is 58.7 Å². The van der Waals surface area contributed by atoms with Crippen molar-refractivity contribution in [3.05, 3.63) is 65.2 Å². The quantitative estimate of drug-likeness (QED) is 0.653. The summed E-state index contributed by atoms with van der Waals surface area (Å²) in [6.45, 7) is 2.06. The molecular formula is C20H22N4OS. The number of benzene rings is 2. The maximum Gasteiger partial charge on any atom is 0.239 e. The predicted molar refractivity (Wildman–Crippen MR) is 110 cm³/mol. The molecule has 6 heteroatoms. The Hall–Kier alpha value is -2.60. The first-order valence-corrected chi connectivity index (χ1v) is 9.31. The summed E-state index contributed by atoms with van der Waals surface area (Å²) < 4.78 is 0. The minimum Gasteiger partial charge on any atom is -0.378 e. The SMILES string of the molecule is Cc1ccccc1CC1S/C(=N/N=Cc2ccc(N(C)C)cc2)NC1=O. The Morgan fingerprint density at radius 2 is 1.88 bits per heavy atom. The molecular weight excluding hydrogens is 344 g/mol. The van der Waals surface area contributed by atoms with Crippen LogP contribution in [0.1, 0.15) is 16.7 Å². The third-order valence-corrected chi connectivity index (χ3v) is 5.28. The lowest BCUT2D eigenvalue weighted by Crippen LogP contribution is -2.26. The van der Waals surface area contributed by atoms with E-state index in [0.29, 0.717) is 11.6 Å². The standard InChI is InChI=1S/C20H22N4OS/c1-14-6-4-5-7-16(14)12-18-19(25)22-20(26-18)23-21-13-15-8-10-17(11-9-15)24(2)3/h4-11,13,18H,12H2,1-3H3,(H,22,23,25). The van der Waals surface area contributed by atoms with Gasteiger partial charge in [-0.2, -0.15) is 5.10 Å². The van der Waals surface area contributed by atoms with Crippen LogP contribution >= 0.6 is 11.8 Å². The van der Waals surface area contributed by atoms with Gasteiger partial charge in [0.2, 0.25) is 5.91 Å². The van der Waals surface area contributed by atoms with Gasteiger partial charge in [0.05, 0.1) is 11.5 Å². The van der Waals surface area contributed by atoms with Crippen molar-refractivity contribution in [3.63, 3.8) is 0 Å². The molecule has 1 amide bonds. The number of amides is 1. The molecule has 0 aliphatic carbocycles. The zero-order chi connectivity index (χ0) is 18.5. The van der Waals surface area contributed by atoms with E-state index in [9.17, 15) is 4.79 Å². The van der Waals surface area contributed by atoms with Gasteiger partial charge in [0.25, 0.3) is 0 Å². The van der Waals surface area contributed by atoms with Crippen LogP contribution in [-0.2, 0) is 11.2 Å². The lowest BCUT2D eigenvalue weighted by atomic mass is 10.0. The molecule has 134 valence electrons. The zero-order valence-electron chi connectivity index (χ0n) is 15.1. The number of hydrogen-bond acceptors (Lipinski definition) is 5. The summed E-state index contributed by atoms with van der Waals surface area (Å²) in [7, 11) is 4.00. The van der Waals surface area contributed by atoms with Crippen LogP contribution in [0.2, 0.25) is 0 Å². The number of carbonyl (C=O) groups is 1. The molecule has 0 bridgehead atoms. The summed E-state index contributed by atoms with van der Waals surface area (Å²) in [4.78, 5) is 14.2. The number of nitrogens with one attached hydrogen (secondary N) is 1. The van der Waals surface area contributed by atoms with E-state index in [1.165, 1.54) is 22.9 Å². The molecule has 1 N–H and O–H groups in total. The van der Waals surface area contributed by atoms with E-state index in [-0.39, 0.29) is 11.2 Å². The average molecular weight is 366 g/mol. The lowest BCUT2D eigenvalue weighted by Gasteiger charge is -2.11. The molecule has 3 rings (SSSR count). The highest BCUT2D eigenvalue weighted by Gasteiger charge is 2.30. The molecule has 1 saturated heterocycles. The molecule has 0 aromatic heterocycles. The number of anilines is 1. The van der Waals surface area contributed by atoms with E-state index in [1.807, 2.05) is 55.4 Å². The second-order valence-electron chi connectivity index (χ2n) is 6.36. The molecule has 1 aliphatic rings. The van der Waals surface area contributed by atoms with E-state index in [4.69, 9.17) is 0 Å². The minimum atomic E-state index is -0.163. The molecule has 1 aliphatic heterocycles. The molecule has 26 heavy (non-hydrogen) atoms. The van der Waals surface area contributed by atoms with Crippen LogP contribution in [0.5, 0.6) is 0 Å². The van der Waals surface area contributed by atoms with Crippen LogP contribution in [0, 0.1) is 6.92 Å². The summed E-state index contributed by atoms with van der Waals surface area (Å²) in [5.74, 6) is -0.0115. The first kappa shape index (κ1) is 18.2. The highest BCUT2D eigenvalue weighted by molar-refractivity contribution is 8.15. The van der Waals surface area contributed by atoms with Gasteiger partial charge in [0, 0.05) is 19.8 Å². The van der Waals surface area contributed by atoms with E-state index >= 15 is 0 Å². The van der Waals surface area contributed by atoms with Gasteiger partial charge >= 0.3 is 0 Å². The average Bonchev–Trinajstić information content (AvgIpc) is 2.97. The van der Waals surface area contributed by atoms with Gasteiger partial charge in [0.15, 0.2) is 5.17 Å². The first-order valence-electron chi connectivity index (χ1n) is 8.43. The van der Waals surface area contributed by atoms with Gasteiger partial charge in [0.1, 0.15) is 0 Å². The fourth-order valence-corrected chi connectivity index (χ4v) is 3.58. The Morgan fingerprint density at radius 3 is 2.58 bits per heavy atom. The van der Waals surface area contributed by atoms with Gasteiger partial charge in [-0.05, 0) is 42.2 Å². The van der Waals surface area contributed by atoms with Crippen molar-refractivity contribution in [2.45, 2.75) is 18.6 Å². The summed E-state index contributed by atoms with van der Waals surface area (Å²) in [6.07, 6.45) is 2.38. The van der Waals surface area contributed by atoms with Crippen molar-refractivity contribution in [2.75, 3.05) is 19.0 Å². The van der Waals surface area contributed by atoms with E-state index in [2.05, 4.69) is 34.6 Å². The minimum absolute atomic E-state index is 0.0115. The molecule has 0 saturated carbocycles. The summed E-state index contributed by atoms with van der Waals surface area (Å²) in [5, 5.41) is 11.4. The summed E-state index contributed by atoms with van der Waals surface area (Å²) >= 11 is 1.43. The van der Waals surface area contributed by atoms with Crippen molar-refractivity contribution in [1.29, 1.82) is 0 Å². The highest BCUT2D eigenvalue weighted by atomic mass is 32.2. The van der Waals surface area contributed by atoms with Crippen molar-refractivity contribution in [2.24, 2.45) is 10.2 Å². The maximum atomic E-state index is 12.2. The van der Waals surface area contributed by atoms with Crippen molar-refractivity contribution in [3.8, 4) is 0 Å². The number of nitrogens with zero attached hydrogens (tertiary/aromatic N) is 3. The number of thioether (sulfide) groups is 1. The largest absolute Gasteiger partial charge is 0.378 e. The molecule has 1 fully saturated rings. The molecule has 1 unspecified atom stereocenters. The molecule has 0 radical (unpaired) electrons. The normalized spacial score (nSPS) is 18.5. The highest BCUT2D eigenvalue weighted by Crippen LogP contribution is 2.24. The number of aryl methyl sites for hydroxylation is 1. The van der Waals surface area contributed by atoms with Crippen molar-refractivity contribution >= 4 is 34.7 Å². The Bertz CT molecular complexity index is 843. The number of rotatable bonds is 5. The summed E-state index contributed by atoms with van der Waals surface area (Å²) in [6, 6.07) is 16.2. The number of amidine groups is 1. The van der Waals surface area contributed by atoms with Crippen molar-refractivity contribution < 1.29 is 4.79 Å². The first-order chi connectivity index (χ1) is 12.5. The fraction of sp³-hybridized carbons (Fsp3) is 0.250. The van der Waals surface area contributed by atoms with E-state index in [0.717, 1.165) is 11.3 Å². The maximum absolute atomic E-state index is 12.2. The Morgan fingerprint density at radius 1 is 1.15 bits per heavy atom. The number of carbonyl (C=O) groups excluding carboxylic acids is 1. The lowest BCUT2D eigenvalue weighted by molar-refractivity contribution is -0.118. The molecule has 2 aromatic carbocycles. The molecule has 1 atom stereocenters. The van der Waals surface area contributed by atoms with Gasteiger partial charge in [-0.3, -0.25) is 4.79 Å². The summed E-state index contributed by atoms with van der Waals surface area (Å²) in [5.41, 5.74) is 4.48. The van der Waals surface area contributed by atoms with Crippen LogP contribution < -0.4 is 10.2 Å². The molecule has 1 heterocycles. The molecule has 2 aromatic rings. The van der Waals surface area contributed by atoms with Crippen LogP contribution in [-0.4, -0.2) is 36.6 Å². The smallest absolute Gasteiger partial charge is 0.239 e. The third-order valence-electron chi connectivity index (χ3n) is 4.21. The predicted octanol–water partition coefficient (Wildman–Crippen LogP) is 3.23. The second-order valence-corrected chi connectivity index (χ2v) is 7.55. The topological polar surface area (TPSA) is 57.1 Å². The molecule has 0 spiro atoms. The van der Waals surface area contributed by atoms with Gasteiger partial charge in [-0.15, -0.1) is 5.10 Å². The van der Waals surface area contributed by atoms with Crippen LogP contribution in [0.25, 0.3) is 0 Å². The van der Waals surface area contributed by atoms with Gasteiger partial charge in [-0.25, -0.2) is 0 Å². The van der Waals surface area contributed by atoms with Crippen LogP contribution in [0.4, 0.5) is 5.69 Å². The Labute approximate surface area is 158 Å². The van der Waals surface area contributed by atoms with Gasteiger partial charge < -0.3 is 10.2 Å². The zero-order valence-corrected chi connectivity index (χ0v) is 16.0. The van der Waals surface area contributed by atoms with Crippen molar-refractivity contribution in [1.82, 2.24) is 5.32 Å². The second kappa shape index (κ2) is 8.19.